The summed E-state index contributed by atoms with van der Waals surface area (Å²) in [6.07, 6.45) is 0. The minimum atomic E-state index is -3.63. The number of piperazine rings is 1. The summed E-state index contributed by atoms with van der Waals surface area (Å²) in [6.45, 7) is 6.32. The lowest BCUT2D eigenvalue weighted by Gasteiger charge is -2.34. The number of hydrogen-bond donors (Lipinski definition) is 1. The van der Waals surface area contributed by atoms with Gasteiger partial charge in [0, 0.05) is 36.3 Å². The Labute approximate surface area is 184 Å². The highest BCUT2D eigenvalue weighted by Gasteiger charge is 2.32. The lowest BCUT2D eigenvalue weighted by molar-refractivity contribution is 0.0525. The highest BCUT2D eigenvalue weighted by molar-refractivity contribution is 9.10. The Morgan fingerprint density at radius 3 is 2.43 bits per heavy atom. The molecule has 1 aromatic heterocycles. The molecule has 1 amide bonds. The van der Waals surface area contributed by atoms with E-state index in [2.05, 4.69) is 20.9 Å². The van der Waals surface area contributed by atoms with Crippen LogP contribution in [0.15, 0.2) is 33.6 Å². The zero-order valence-electron chi connectivity index (χ0n) is 17.1. The molecule has 1 aliphatic heterocycles. The number of aromatic amines is 1. The smallest absolute Gasteiger partial charge is 0.340 e. The van der Waals surface area contributed by atoms with Gasteiger partial charge in [-0.15, -0.1) is 0 Å². The summed E-state index contributed by atoms with van der Waals surface area (Å²) in [5.41, 5.74) is 1.82. The van der Waals surface area contributed by atoms with Crippen molar-refractivity contribution in [2.75, 3.05) is 32.8 Å². The number of ether oxygens (including phenoxy) is 1. The molecule has 0 bridgehead atoms. The number of halogens is 1. The first-order valence-corrected chi connectivity index (χ1v) is 11.8. The number of nitrogens with zero attached hydrogens (tertiary/aromatic N) is 2. The number of benzene rings is 1. The minimum absolute atomic E-state index is 0.198. The van der Waals surface area contributed by atoms with Crippen LogP contribution in [-0.4, -0.2) is 67.3 Å². The van der Waals surface area contributed by atoms with Crippen molar-refractivity contribution >= 4 is 37.8 Å². The molecule has 3 rings (SSSR count). The van der Waals surface area contributed by atoms with E-state index >= 15 is 0 Å². The van der Waals surface area contributed by atoms with E-state index in [1.54, 1.807) is 49.9 Å². The lowest BCUT2D eigenvalue weighted by Crippen LogP contribution is -2.50. The second-order valence-corrected chi connectivity index (χ2v) is 9.85. The van der Waals surface area contributed by atoms with Crippen LogP contribution < -0.4 is 0 Å². The van der Waals surface area contributed by atoms with E-state index in [1.807, 2.05) is 0 Å². The van der Waals surface area contributed by atoms with Gasteiger partial charge in [0.1, 0.15) is 5.69 Å². The van der Waals surface area contributed by atoms with Crippen LogP contribution in [0.3, 0.4) is 0 Å². The van der Waals surface area contributed by atoms with Gasteiger partial charge in [-0.25, -0.2) is 13.2 Å². The van der Waals surface area contributed by atoms with E-state index in [4.69, 9.17) is 4.74 Å². The van der Waals surface area contributed by atoms with Crippen LogP contribution in [0.5, 0.6) is 0 Å². The van der Waals surface area contributed by atoms with E-state index in [9.17, 15) is 18.0 Å². The Balaban J connectivity index is 1.73. The fourth-order valence-electron chi connectivity index (χ4n) is 3.54. The second kappa shape index (κ2) is 8.91. The number of aryl methyl sites for hydroxylation is 1. The number of nitrogens with one attached hydrogen (secondary N) is 1. The van der Waals surface area contributed by atoms with E-state index in [0.29, 0.717) is 27.0 Å². The third-order valence-electron chi connectivity index (χ3n) is 5.09. The molecule has 1 aromatic carbocycles. The summed E-state index contributed by atoms with van der Waals surface area (Å²) in [6, 6.07) is 6.56. The zero-order chi connectivity index (χ0) is 22.1. The molecule has 162 valence electrons. The number of esters is 1. The molecule has 0 saturated carbocycles. The first kappa shape index (κ1) is 22.5. The Morgan fingerprint density at radius 2 is 1.83 bits per heavy atom. The van der Waals surface area contributed by atoms with Crippen LogP contribution in [-0.2, 0) is 14.8 Å². The van der Waals surface area contributed by atoms with Crippen molar-refractivity contribution in [2.45, 2.75) is 25.7 Å². The van der Waals surface area contributed by atoms with Crippen molar-refractivity contribution in [3.8, 4) is 0 Å². The van der Waals surface area contributed by atoms with Crippen LogP contribution in [0.2, 0.25) is 0 Å². The van der Waals surface area contributed by atoms with Crippen molar-refractivity contribution < 1.29 is 22.7 Å². The van der Waals surface area contributed by atoms with Crippen molar-refractivity contribution in [1.29, 1.82) is 0 Å². The molecule has 1 fully saturated rings. The summed E-state index contributed by atoms with van der Waals surface area (Å²) in [7, 11) is -3.63. The van der Waals surface area contributed by atoms with Gasteiger partial charge in [-0.2, -0.15) is 4.31 Å². The van der Waals surface area contributed by atoms with Crippen LogP contribution >= 0.6 is 15.9 Å². The summed E-state index contributed by atoms with van der Waals surface area (Å²) in [5, 5.41) is 0. The third-order valence-corrected chi connectivity index (χ3v) is 7.48. The number of sulfonamides is 1. The third kappa shape index (κ3) is 4.30. The maximum Gasteiger partial charge on any atom is 0.340 e. The maximum absolute atomic E-state index is 13.0. The Kier molecular flexibility index (Phi) is 6.68. The molecule has 0 unspecified atom stereocenters. The largest absolute Gasteiger partial charge is 0.462 e. The number of amides is 1. The normalized spacial score (nSPS) is 15.3. The molecule has 0 spiro atoms. The Hall–Kier alpha value is -2.17. The number of hydrogen-bond acceptors (Lipinski definition) is 5. The fourth-order valence-corrected chi connectivity index (χ4v) is 5.56. The molecule has 10 heteroatoms. The first-order chi connectivity index (χ1) is 14.2. The van der Waals surface area contributed by atoms with Gasteiger partial charge >= 0.3 is 5.97 Å². The predicted octanol–water partition coefficient (Wildman–Crippen LogP) is 2.72. The van der Waals surface area contributed by atoms with E-state index in [-0.39, 0.29) is 43.6 Å². The summed E-state index contributed by atoms with van der Waals surface area (Å²) in [5.74, 6) is -0.724. The van der Waals surface area contributed by atoms with Gasteiger partial charge in [0.05, 0.1) is 17.1 Å². The molecule has 30 heavy (non-hydrogen) atoms. The highest BCUT2D eigenvalue weighted by atomic mass is 79.9. The molecule has 2 aromatic rings. The molecule has 2 heterocycles. The molecule has 0 atom stereocenters. The lowest BCUT2D eigenvalue weighted by atomic mass is 10.1. The Morgan fingerprint density at radius 1 is 1.17 bits per heavy atom. The van der Waals surface area contributed by atoms with Gasteiger partial charge in [0.15, 0.2) is 0 Å². The monoisotopic (exact) mass is 497 g/mol. The number of carbonyl (C=O) groups is 2. The number of H-pyrrole nitrogens is 1. The van der Waals surface area contributed by atoms with E-state index in [1.165, 1.54) is 4.31 Å². The van der Waals surface area contributed by atoms with E-state index < -0.39 is 16.0 Å². The average molecular weight is 498 g/mol. The van der Waals surface area contributed by atoms with E-state index in [0.717, 1.165) is 0 Å². The van der Waals surface area contributed by atoms with Crippen LogP contribution in [0, 0.1) is 13.8 Å². The first-order valence-electron chi connectivity index (χ1n) is 9.58. The molecule has 8 nitrogen and oxygen atoms in total. The van der Waals surface area contributed by atoms with Crippen molar-refractivity contribution in [3.63, 3.8) is 0 Å². The van der Waals surface area contributed by atoms with Crippen LogP contribution in [0.4, 0.5) is 0 Å². The van der Waals surface area contributed by atoms with Crippen molar-refractivity contribution in [2.24, 2.45) is 0 Å². The summed E-state index contributed by atoms with van der Waals surface area (Å²) in [4.78, 5) is 30.0. The topological polar surface area (TPSA) is 99.8 Å². The SMILES string of the molecule is CCOC(=O)c1c(C)[nH]c(C(=O)N2CCN(S(=O)(=O)c3cccc(Br)c3)CC2)c1C. The van der Waals surface area contributed by atoms with Crippen LogP contribution in [0.1, 0.15) is 39.0 Å². The van der Waals surface area contributed by atoms with Gasteiger partial charge in [0.25, 0.3) is 5.91 Å². The maximum atomic E-state index is 13.0. The standard InChI is InChI=1S/C20H24BrN3O5S/c1-4-29-20(26)17-13(2)18(22-14(17)3)19(25)23-8-10-24(11-9-23)30(27,28)16-7-5-6-15(21)12-16/h5-7,12,22H,4,8-11H2,1-3H3. The van der Waals surface area contributed by atoms with Gasteiger partial charge < -0.3 is 14.6 Å². The molecule has 1 aliphatic rings. The van der Waals surface area contributed by atoms with Gasteiger partial charge in [-0.1, -0.05) is 22.0 Å². The second-order valence-electron chi connectivity index (χ2n) is 7.00. The molecule has 1 N–H and O–H groups in total. The quantitative estimate of drug-likeness (QED) is 0.640. The van der Waals surface area contributed by atoms with Crippen LogP contribution in [0.25, 0.3) is 0 Å². The number of rotatable bonds is 5. The summed E-state index contributed by atoms with van der Waals surface area (Å²) >= 11 is 3.30. The van der Waals surface area contributed by atoms with Crippen molar-refractivity contribution in [1.82, 2.24) is 14.2 Å². The zero-order valence-corrected chi connectivity index (χ0v) is 19.5. The Bertz CT molecular complexity index is 1070. The molecular formula is C20H24BrN3O5S. The highest BCUT2D eigenvalue weighted by Crippen LogP contribution is 2.24. The van der Waals surface area contributed by atoms with Gasteiger partial charge in [-0.05, 0) is 44.5 Å². The fraction of sp³-hybridized carbons (Fsp3) is 0.400. The van der Waals surface area contributed by atoms with Gasteiger partial charge in [-0.3, -0.25) is 4.79 Å². The molecule has 0 aliphatic carbocycles. The van der Waals surface area contributed by atoms with Crippen molar-refractivity contribution in [3.05, 3.63) is 51.3 Å². The molecule has 1 saturated heterocycles. The van der Waals surface area contributed by atoms with Gasteiger partial charge in [0.2, 0.25) is 10.0 Å². The average Bonchev–Trinajstić information content (AvgIpc) is 3.01. The predicted molar refractivity (Wildman–Crippen MR) is 115 cm³/mol. The molecule has 0 radical (unpaired) electrons. The minimum Gasteiger partial charge on any atom is -0.462 e. The molecular weight excluding hydrogens is 474 g/mol. The number of aromatic nitrogens is 1. The number of carbonyl (C=O) groups excluding carboxylic acids is 2. The summed E-state index contributed by atoms with van der Waals surface area (Å²) < 4.78 is 32.9.